The summed E-state index contributed by atoms with van der Waals surface area (Å²) in [5.74, 6) is -1.03. The number of amides is 1. The molecule has 2 aromatic carbocycles. The van der Waals surface area contributed by atoms with Crippen LogP contribution in [0.25, 0.3) is 0 Å². The standard InChI is InChI=1S/C24H29FN2O5S/c1-16-12-17(2)15-27(14-16)33(30,31)22-10-6-20(7-11-22)24(29)32-18(3)23(28)26-13-19-4-8-21(25)9-5-19/h4-11,16-18H,12-15H2,1-3H3,(H,26,28). The first-order valence-electron chi connectivity index (χ1n) is 10.9. The van der Waals surface area contributed by atoms with Crippen molar-refractivity contribution in [2.45, 2.75) is 44.7 Å². The number of carbonyl (C=O) groups excluding carboxylic acids is 2. The summed E-state index contributed by atoms with van der Waals surface area (Å²) in [6.45, 7) is 6.63. The van der Waals surface area contributed by atoms with E-state index in [4.69, 9.17) is 4.74 Å². The Bertz CT molecular complexity index is 1080. The van der Waals surface area contributed by atoms with Crippen LogP contribution in [0.3, 0.4) is 0 Å². The van der Waals surface area contributed by atoms with Gasteiger partial charge in [-0.25, -0.2) is 17.6 Å². The van der Waals surface area contributed by atoms with Crippen molar-refractivity contribution >= 4 is 21.9 Å². The van der Waals surface area contributed by atoms with Gasteiger partial charge in [-0.2, -0.15) is 4.31 Å². The SMILES string of the molecule is CC1CC(C)CN(S(=O)(=O)c2ccc(C(=O)OC(C)C(=O)NCc3ccc(F)cc3)cc2)C1. The maximum atomic E-state index is 13.0. The molecule has 1 aliphatic heterocycles. The number of piperidine rings is 1. The highest BCUT2D eigenvalue weighted by atomic mass is 32.2. The predicted molar refractivity (Wildman–Crippen MR) is 121 cm³/mol. The quantitative estimate of drug-likeness (QED) is 0.619. The lowest BCUT2D eigenvalue weighted by molar-refractivity contribution is -0.129. The van der Waals surface area contributed by atoms with E-state index in [1.165, 1.54) is 47.6 Å². The lowest BCUT2D eigenvalue weighted by atomic mass is 9.94. The number of nitrogens with one attached hydrogen (secondary N) is 1. The largest absolute Gasteiger partial charge is 0.449 e. The van der Waals surface area contributed by atoms with E-state index in [-0.39, 0.29) is 34.7 Å². The van der Waals surface area contributed by atoms with Gasteiger partial charge < -0.3 is 10.1 Å². The fourth-order valence-corrected chi connectivity index (χ4v) is 5.61. The van der Waals surface area contributed by atoms with Crippen LogP contribution in [-0.4, -0.2) is 43.8 Å². The highest BCUT2D eigenvalue weighted by Crippen LogP contribution is 2.26. The summed E-state index contributed by atoms with van der Waals surface area (Å²) in [7, 11) is -3.65. The number of ether oxygens (including phenoxy) is 1. The van der Waals surface area contributed by atoms with Crippen LogP contribution < -0.4 is 5.32 Å². The first-order valence-corrected chi connectivity index (χ1v) is 12.3. The zero-order valence-electron chi connectivity index (χ0n) is 19.0. The van der Waals surface area contributed by atoms with Crippen LogP contribution in [0.2, 0.25) is 0 Å². The number of carbonyl (C=O) groups is 2. The Labute approximate surface area is 194 Å². The first kappa shape index (κ1) is 24.9. The summed E-state index contributed by atoms with van der Waals surface area (Å²) in [4.78, 5) is 24.7. The maximum absolute atomic E-state index is 13.0. The van der Waals surface area contributed by atoms with Crippen LogP contribution in [-0.2, 0) is 26.1 Å². The molecule has 3 unspecified atom stereocenters. The van der Waals surface area contributed by atoms with E-state index in [0.717, 1.165) is 6.42 Å². The number of esters is 1. The molecule has 1 saturated heterocycles. The zero-order valence-corrected chi connectivity index (χ0v) is 19.8. The smallest absolute Gasteiger partial charge is 0.338 e. The molecular formula is C24H29FN2O5S. The third kappa shape index (κ3) is 6.39. The normalized spacial score (nSPS) is 20.1. The van der Waals surface area contributed by atoms with E-state index in [1.54, 1.807) is 12.1 Å². The molecule has 1 heterocycles. The fraction of sp³-hybridized carbons (Fsp3) is 0.417. The highest BCUT2D eigenvalue weighted by molar-refractivity contribution is 7.89. The Balaban J connectivity index is 1.58. The van der Waals surface area contributed by atoms with Crippen LogP contribution >= 0.6 is 0 Å². The van der Waals surface area contributed by atoms with Gasteiger partial charge >= 0.3 is 5.97 Å². The van der Waals surface area contributed by atoms with E-state index in [0.29, 0.717) is 18.7 Å². The Morgan fingerprint density at radius 1 is 1.06 bits per heavy atom. The van der Waals surface area contributed by atoms with Crippen molar-refractivity contribution in [3.63, 3.8) is 0 Å². The van der Waals surface area contributed by atoms with Crippen molar-refractivity contribution in [2.24, 2.45) is 11.8 Å². The van der Waals surface area contributed by atoms with Gasteiger partial charge in [0, 0.05) is 19.6 Å². The average Bonchev–Trinajstić information content (AvgIpc) is 2.77. The monoisotopic (exact) mass is 476 g/mol. The van der Waals surface area contributed by atoms with Gasteiger partial charge in [-0.15, -0.1) is 0 Å². The summed E-state index contributed by atoms with van der Waals surface area (Å²) in [6, 6.07) is 11.2. The average molecular weight is 477 g/mol. The molecule has 0 aliphatic carbocycles. The molecule has 178 valence electrons. The summed E-state index contributed by atoms with van der Waals surface area (Å²) in [6.07, 6.45) is -0.0652. The number of halogens is 1. The number of sulfonamides is 1. The molecular weight excluding hydrogens is 447 g/mol. The lowest BCUT2D eigenvalue weighted by Gasteiger charge is -2.34. The Hall–Kier alpha value is -2.78. The minimum Gasteiger partial charge on any atom is -0.449 e. The Kier molecular flexibility index (Phi) is 7.86. The van der Waals surface area contributed by atoms with E-state index in [2.05, 4.69) is 5.32 Å². The van der Waals surface area contributed by atoms with Crippen molar-refractivity contribution in [3.05, 3.63) is 65.5 Å². The van der Waals surface area contributed by atoms with Crippen LogP contribution in [0.1, 0.15) is 43.1 Å². The Morgan fingerprint density at radius 3 is 2.21 bits per heavy atom. The predicted octanol–water partition coefficient (Wildman–Crippen LogP) is 3.35. The van der Waals surface area contributed by atoms with Crippen LogP contribution in [0, 0.1) is 17.7 Å². The zero-order chi connectivity index (χ0) is 24.2. The molecule has 2 aromatic rings. The van der Waals surface area contributed by atoms with Crippen LogP contribution in [0.15, 0.2) is 53.4 Å². The molecule has 33 heavy (non-hydrogen) atoms. The summed E-state index contributed by atoms with van der Waals surface area (Å²) >= 11 is 0. The van der Waals surface area contributed by atoms with E-state index in [9.17, 15) is 22.4 Å². The minimum absolute atomic E-state index is 0.116. The Morgan fingerprint density at radius 2 is 1.64 bits per heavy atom. The number of nitrogens with zero attached hydrogens (tertiary/aromatic N) is 1. The van der Waals surface area contributed by atoms with Gasteiger partial charge in [0.25, 0.3) is 5.91 Å². The first-order chi connectivity index (χ1) is 15.6. The number of hydrogen-bond donors (Lipinski definition) is 1. The summed E-state index contributed by atoms with van der Waals surface area (Å²) in [5.41, 5.74) is 0.852. The van der Waals surface area contributed by atoms with Crippen molar-refractivity contribution in [2.75, 3.05) is 13.1 Å². The molecule has 0 spiro atoms. The third-order valence-electron chi connectivity index (χ3n) is 5.60. The van der Waals surface area contributed by atoms with Gasteiger partial charge in [-0.1, -0.05) is 26.0 Å². The topological polar surface area (TPSA) is 92.8 Å². The third-order valence-corrected chi connectivity index (χ3v) is 7.44. The molecule has 7 nitrogen and oxygen atoms in total. The number of rotatable bonds is 7. The second-order valence-corrected chi connectivity index (χ2v) is 10.6. The maximum Gasteiger partial charge on any atom is 0.338 e. The fourth-order valence-electron chi connectivity index (χ4n) is 3.93. The van der Waals surface area contributed by atoms with Crippen molar-refractivity contribution in [1.29, 1.82) is 0 Å². The molecule has 1 N–H and O–H groups in total. The van der Waals surface area contributed by atoms with E-state index >= 15 is 0 Å². The van der Waals surface area contributed by atoms with Crippen molar-refractivity contribution < 1.29 is 27.1 Å². The highest BCUT2D eigenvalue weighted by Gasteiger charge is 2.31. The van der Waals surface area contributed by atoms with E-state index < -0.39 is 28.0 Å². The summed E-state index contributed by atoms with van der Waals surface area (Å²) < 4.78 is 45.6. The molecule has 3 atom stereocenters. The minimum atomic E-state index is -3.65. The molecule has 1 amide bonds. The van der Waals surface area contributed by atoms with Crippen molar-refractivity contribution in [1.82, 2.24) is 9.62 Å². The van der Waals surface area contributed by atoms with Gasteiger partial charge in [-0.3, -0.25) is 4.79 Å². The van der Waals surface area contributed by atoms with Gasteiger partial charge in [0.1, 0.15) is 5.82 Å². The van der Waals surface area contributed by atoms with E-state index in [1.807, 2.05) is 13.8 Å². The number of hydrogen-bond acceptors (Lipinski definition) is 5. The summed E-state index contributed by atoms with van der Waals surface area (Å²) in [5, 5.41) is 2.62. The molecule has 1 aliphatic rings. The molecule has 0 saturated carbocycles. The van der Waals surface area contributed by atoms with Crippen LogP contribution in [0.4, 0.5) is 4.39 Å². The van der Waals surface area contributed by atoms with Crippen LogP contribution in [0.5, 0.6) is 0 Å². The molecule has 1 fully saturated rings. The molecule has 0 bridgehead atoms. The molecule has 3 rings (SSSR count). The van der Waals surface area contributed by atoms with Gasteiger partial charge in [-0.05, 0) is 67.1 Å². The molecule has 9 heteroatoms. The lowest BCUT2D eigenvalue weighted by Crippen LogP contribution is -2.42. The van der Waals surface area contributed by atoms with Gasteiger partial charge in [0.2, 0.25) is 10.0 Å². The second-order valence-electron chi connectivity index (χ2n) is 8.68. The number of benzene rings is 2. The molecule has 0 radical (unpaired) electrons. The van der Waals surface area contributed by atoms with Gasteiger partial charge in [0.15, 0.2) is 6.10 Å². The van der Waals surface area contributed by atoms with Crippen molar-refractivity contribution in [3.8, 4) is 0 Å². The second kappa shape index (κ2) is 10.4. The molecule has 0 aromatic heterocycles. The van der Waals surface area contributed by atoms with Gasteiger partial charge in [0.05, 0.1) is 10.5 Å².